The summed E-state index contributed by atoms with van der Waals surface area (Å²) in [6.07, 6.45) is 19.4. The van der Waals surface area contributed by atoms with Crippen molar-refractivity contribution in [3.63, 3.8) is 0 Å². The molecule has 598 valence electrons. The Hall–Kier alpha value is -6.09. The maximum Gasteiger partial charge on any atom is 1.00 e. The van der Waals surface area contributed by atoms with Gasteiger partial charge in [0.25, 0.3) is 26.0 Å². The Morgan fingerprint density at radius 2 is 0.927 bits per heavy atom. The van der Waals surface area contributed by atoms with E-state index in [0.29, 0.717) is 78.6 Å². The van der Waals surface area contributed by atoms with Crippen LogP contribution >= 0.6 is 12.8 Å². The first-order valence-corrected chi connectivity index (χ1v) is 44.8. The topological polar surface area (TPSA) is 418 Å². The summed E-state index contributed by atoms with van der Waals surface area (Å²) >= 11 is -0.000000000000000222. The molecule has 10 aromatic rings. The number of rotatable bonds is 26. The number of ether oxygens (including phenoxy) is 3. The largest absolute Gasteiger partial charge is 1.00 e. The van der Waals surface area contributed by atoms with Crippen LogP contribution in [0, 0.1) is 43.9 Å². The molecule has 0 saturated heterocycles. The van der Waals surface area contributed by atoms with Crippen molar-refractivity contribution in [3.05, 3.63) is 127 Å². The molecule has 0 aliphatic heterocycles. The van der Waals surface area contributed by atoms with Crippen LogP contribution in [0.4, 0.5) is 11.4 Å². The number of aromatic nitrogens is 10. The predicted octanol–water partition coefficient (Wildman–Crippen LogP) is 8.99. The summed E-state index contributed by atoms with van der Waals surface area (Å²) in [6.45, 7) is 22.8. The van der Waals surface area contributed by atoms with Crippen molar-refractivity contribution in [1.29, 1.82) is 1.12 Å². The molecule has 0 atom stereocenters. The number of thiol groups is 1. The number of hydrogen-bond acceptors (Lipinski definition) is 23. The van der Waals surface area contributed by atoms with Crippen molar-refractivity contribution in [3.8, 4) is 0 Å². The van der Waals surface area contributed by atoms with E-state index in [1.54, 1.807) is 80.0 Å². The number of pyridine rings is 3. The fourth-order valence-electron chi connectivity index (χ4n) is 18.5. The van der Waals surface area contributed by atoms with Crippen molar-refractivity contribution in [1.82, 2.24) is 47.0 Å². The Kier molecular flexibility index (Phi) is 26.4. The molecule has 0 radical (unpaired) electrons. The Bertz CT molecular complexity index is 5540. The molecule has 0 spiro atoms. The number of anilines is 2. The minimum absolute atomic E-state index is 0. The molecular weight excluding hydrogens is 1540 g/mol. The summed E-state index contributed by atoms with van der Waals surface area (Å²) in [6, 6.07) is 19.0. The Balaban J connectivity index is 0.000000191. The average molecular weight is 1650 g/mol. The smallest absolute Gasteiger partial charge is 0.870 e. The number of aryl methyl sites for hydroxylation is 4. The molecule has 8 aromatic heterocycles. The van der Waals surface area contributed by atoms with E-state index >= 15 is 0 Å². The van der Waals surface area contributed by atoms with Gasteiger partial charge in [0.05, 0.1) is 68.0 Å². The van der Waals surface area contributed by atoms with Crippen LogP contribution in [0.5, 0.6) is 0 Å². The molecule has 9 fully saturated rings. The van der Waals surface area contributed by atoms with Gasteiger partial charge in [0.1, 0.15) is 29.5 Å². The molecular formula is C75H105N12NaO16S6. The van der Waals surface area contributed by atoms with E-state index in [1.165, 1.54) is 20.3 Å². The molecule has 0 amide bonds. The fourth-order valence-corrected chi connectivity index (χ4v) is 27.1. The first-order valence-electron chi connectivity index (χ1n) is 36.5. The Morgan fingerprint density at radius 3 is 1.33 bits per heavy atom. The van der Waals surface area contributed by atoms with Gasteiger partial charge in [0.2, 0.25) is 0 Å². The molecule has 110 heavy (non-hydrogen) atoms. The van der Waals surface area contributed by atoms with Crippen molar-refractivity contribution >= 4 is 129 Å². The molecule has 19 rings (SSSR count). The van der Waals surface area contributed by atoms with Crippen molar-refractivity contribution in [2.24, 2.45) is 16.2 Å². The summed E-state index contributed by atoms with van der Waals surface area (Å²) in [5.74, 6) is 2.61. The van der Waals surface area contributed by atoms with Crippen molar-refractivity contribution in [2.75, 3.05) is 65.4 Å². The summed E-state index contributed by atoms with van der Waals surface area (Å²) in [5, 5.41) is 5.97. The number of nitrogen functional groups attached to an aromatic ring is 1. The summed E-state index contributed by atoms with van der Waals surface area (Å²) in [4.78, 5) is 26.2. The third-order valence-corrected chi connectivity index (χ3v) is 31.4. The quantitative estimate of drug-likeness (QED) is 0.0146. The monoisotopic (exact) mass is 1650 g/mol. The van der Waals surface area contributed by atoms with E-state index < -0.39 is 55.5 Å². The zero-order valence-electron chi connectivity index (χ0n) is 64.9. The van der Waals surface area contributed by atoms with Crippen LogP contribution in [0.25, 0.3) is 55.2 Å². The molecule has 2 aromatic carbocycles. The maximum atomic E-state index is 13.4. The number of hydrogen-bond donors (Lipinski definition) is 5. The van der Waals surface area contributed by atoms with Gasteiger partial charge in [0.15, 0.2) is 40.8 Å². The van der Waals surface area contributed by atoms with Crippen LogP contribution in [0.1, 0.15) is 156 Å². The molecule has 8 N–H and O–H groups in total. The van der Waals surface area contributed by atoms with E-state index in [1.807, 2.05) is 81.6 Å². The normalized spacial score (nSPS) is 22.7. The van der Waals surface area contributed by atoms with E-state index in [9.17, 15) is 42.1 Å². The minimum atomic E-state index is -3.81. The van der Waals surface area contributed by atoms with Crippen molar-refractivity contribution in [2.45, 2.75) is 193 Å². The molecule has 9 aliphatic rings. The van der Waals surface area contributed by atoms with E-state index in [0.717, 1.165) is 119 Å². The second-order valence-electron chi connectivity index (χ2n) is 30.5. The number of nitrogens with zero attached hydrogens (tertiary/aromatic N) is 9. The molecule has 6 bridgehead atoms. The summed E-state index contributed by atoms with van der Waals surface area (Å²) < 4.78 is 163. The number of nitrogens with one attached hydrogen (secondary N) is 2. The van der Waals surface area contributed by atoms with Gasteiger partial charge < -0.3 is 54.9 Å². The van der Waals surface area contributed by atoms with Gasteiger partial charge in [-0.3, -0.25) is 0 Å². The second-order valence-corrected chi connectivity index (χ2v) is 40.7. The first-order chi connectivity index (χ1) is 50.4. The van der Waals surface area contributed by atoms with Crippen LogP contribution in [0.3, 0.4) is 0 Å². The average Bonchev–Trinajstić information content (AvgIpc) is 1.73. The molecule has 9 saturated carbocycles. The van der Waals surface area contributed by atoms with E-state index in [2.05, 4.69) is 40.5 Å². The Labute approximate surface area is 674 Å². The van der Waals surface area contributed by atoms with Crippen molar-refractivity contribution < 1.29 is 101 Å². The minimum Gasteiger partial charge on any atom is -0.870 e. The molecule has 9 aliphatic carbocycles. The molecule has 28 nitrogen and oxygen atoms in total. The number of H-pyrrole nitrogens is 1. The molecule has 35 heteroatoms. The maximum absolute atomic E-state index is 13.4. The standard InChI is InChI=1S/C25H28N4O4S2.C23H28N4O4S2.C18H22N4O2S.C8H18O3.CH4.Na.H2OS.2H2O/c1-4-11-34(30,31)16-24-13-25(14-24,15-24)29-18(3)27-21-12-26-23-20(22(21)29)9-10-28(23)35(32,33)19-7-5-17(2)6-8-19;1-3-10-32(28,29)15-22-12-23(13-22,14-22)26-20-18-8-9-27(21(18)25-11-19(20)24)33(30,31)17-6-4-16(2)5-7-17;1-3-6-25(23,24)11-17-8-18(9-17,10-17)22-12(2)21-14-7-20-16-13(15(14)22)4-5-19-16;1-5-9-8(4,10-6-2)11-7-3;;;1-2;;/h5-10,12H,4,11,13-16H2,1-3H3;4-9,11H,3,10,12-15,24H2,1-2H3,(H,25,26);4-5,7H,3,6,8-11H2,1-2H3,(H,19,20);5-7H2,1-4H3;1H4;;1-2H;2*1H2/q;;;;;+1;;;/p-1/i/hT. The van der Waals surface area contributed by atoms with Gasteiger partial charge in [-0.1, -0.05) is 63.6 Å². The number of nitrogens with two attached hydrogens (primary N) is 1. The van der Waals surface area contributed by atoms with Gasteiger partial charge in [0, 0.05) is 95.4 Å². The van der Waals surface area contributed by atoms with Gasteiger partial charge in [-0.15, -0.1) is 0 Å². The van der Waals surface area contributed by atoms with Gasteiger partial charge in [-0.25, -0.2) is 75.0 Å². The SMILES string of the molecule is C.CCCS(=O)(=O)CC12CC(Nc3c(N)cnc4c3ccn4S(=O)(=O)c3ccc(C)cc3)(C1)C2.CCCS(=O)(=O)CC12CC(n3c(C)nc4cnc5[nH]ccc5c43)(C1)C2.CCCS(=O)(=O)CC12CC(n3c(C)nc4cnc5c(ccn5S(=O)(=O)c5ccc(C)cc5)c43)(C1)C2.CCOC(C)(OCC)OCC.O.[3H]SO.[Na+].[OH-]. The number of imidazole rings is 2. The van der Waals surface area contributed by atoms with Crippen LogP contribution in [-0.4, -0.2) is 172 Å². The summed E-state index contributed by atoms with van der Waals surface area (Å²) in [7, 11) is -16.6. The summed E-state index contributed by atoms with van der Waals surface area (Å²) in [5.41, 5.74) is 13.9. The van der Waals surface area contributed by atoms with Crippen LogP contribution in [0.15, 0.2) is 114 Å². The Morgan fingerprint density at radius 1 is 0.564 bits per heavy atom. The van der Waals surface area contributed by atoms with Crippen LogP contribution in [-0.2, 0) is 74.8 Å². The van der Waals surface area contributed by atoms with Crippen LogP contribution < -0.4 is 40.6 Å². The third kappa shape index (κ3) is 16.6. The third-order valence-electron chi connectivity index (χ3n) is 21.7. The number of sulfone groups is 3. The molecule has 8 heterocycles. The molecule has 0 unspecified atom stereocenters. The predicted molar refractivity (Wildman–Crippen MR) is 429 cm³/mol. The number of fused-ring (bicyclic) bond motifs is 7. The van der Waals surface area contributed by atoms with Gasteiger partial charge >= 0.3 is 29.6 Å². The van der Waals surface area contributed by atoms with E-state index in [4.69, 9.17) is 35.6 Å². The van der Waals surface area contributed by atoms with Gasteiger partial charge in [-0.05, 0) is 197 Å². The zero-order chi connectivity index (χ0) is 77.3. The second kappa shape index (κ2) is 33.0. The number of aromatic amines is 1. The van der Waals surface area contributed by atoms with Gasteiger partial charge in [-0.2, -0.15) is 0 Å². The first kappa shape index (κ1) is 87.9. The zero-order valence-corrected chi connectivity index (χ0v) is 70.8. The number of benzene rings is 2. The fraction of sp³-hybridized carbons (Fsp3) is 0.533. The van der Waals surface area contributed by atoms with E-state index in [-0.39, 0.29) is 126 Å². The van der Waals surface area contributed by atoms with Crippen LogP contribution in [0.2, 0.25) is 0 Å².